The van der Waals surface area contributed by atoms with Crippen LogP contribution in [0, 0.1) is 0 Å². The number of nitrogens with zero attached hydrogens (tertiary/aromatic N) is 4. The van der Waals surface area contributed by atoms with Crippen LogP contribution in [0.3, 0.4) is 0 Å². The number of fused-ring (bicyclic) bond motifs is 3. The fourth-order valence-electron chi connectivity index (χ4n) is 5.67. The number of aromatic nitrogens is 2. The number of carbonyl (C=O) groups excluding carboxylic acids is 1. The van der Waals surface area contributed by atoms with E-state index in [9.17, 15) is 21.6 Å². The molecule has 0 aliphatic carbocycles. The fourth-order valence-corrected chi connectivity index (χ4v) is 8.28. The Morgan fingerprint density at radius 1 is 1.08 bits per heavy atom. The quantitative estimate of drug-likeness (QED) is 0.457. The van der Waals surface area contributed by atoms with E-state index >= 15 is 0 Å². The first-order chi connectivity index (χ1) is 18.6. The number of carbonyl (C=O) groups is 1. The predicted octanol–water partition coefficient (Wildman–Crippen LogP) is 1.92. The van der Waals surface area contributed by atoms with E-state index in [0.717, 1.165) is 5.56 Å². The van der Waals surface area contributed by atoms with Crippen LogP contribution in [0.5, 0.6) is 0 Å². The minimum absolute atomic E-state index is 0.144. The Labute approximate surface area is 228 Å². The number of hydrogen-bond acceptors (Lipinski definition) is 8. The highest BCUT2D eigenvalue weighted by Gasteiger charge is 2.37. The molecule has 0 radical (unpaired) electrons. The average molecular weight is 571 g/mol. The number of amides is 1. The molecule has 1 atom stereocenters. The lowest BCUT2D eigenvalue weighted by molar-refractivity contribution is 0.0298. The van der Waals surface area contributed by atoms with Crippen LogP contribution in [0.15, 0.2) is 53.4 Å². The first-order valence-corrected chi connectivity index (χ1v) is 16.5. The van der Waals surface area contributed by atoms with Crippen molar-refractivity contribution in [3.8, 4) is 16.9 Å². The van der Waals surface area contributed by atoms with Gasteiger partial charge in [-0.2, -0.15) is 5.10 Å². The molecule has 10 nitrogen and oxygen atoms in total. The smallest absolute Gasteiger partial charge is 0.274 e. The van der Waals surface area contributed by atoms with Crippen molar-refractivity contribution < 1.29 is 26.4 Å². The summed E-state index contributed by atoms with van der Waals surface area (Å²) >= 11 is 0. The molecule has 12 heteroatoms. The first-order valence-electron chi connectivity index (χ1n) is 12.9. The van der Waals surface area contributed by atoms with Gasteiger partial charge in [0.15, 0.2) is 25.4 Å². The lowest BCUT2D eigenvalue weighted by Gasteiger charge is -2.26. The molecule has 0 bridgehead atoms. The summed E-state index contributed by atoms with van der Waals surface area (Å²) in [5.74, 6) is -0.603. The van der Waals surface area contributed by atoms with Crippen LogP contribution in [0.1, 0.15) is 28.0 Å². The van der Waals surface area contributed by atoms with Gasteiger partial charge in [-0.1, -0.05) is 30.3 Å². The third-order valence-electron chi connectivity index (χ3n) is 7.69. The van der Waals surface area contributed by atoms with E-state index in [1.54, 1.807) is 33.8 Å². The third kappa shape index (κ3) is 4.90. The molecule has 2 saturated heterocycles. The number of morpholine rings is 1. The van der Waals surface area contributed by atoms with Crippen molar-refractivity contribution in [2.24, 2.45) is 0 Å². The van der Waals surface area contributed by atoms with Crippen molar-refractivity contribution in [2.75, 3.05) is 45.6 Å². The van der Waals surface area contributed by atoms with Gasteiger partial charge in [-0.25, -0.2) is 21.5 Å². The maximum atomic E-state index is 13.6. The van der Waals surface area contributed by atoms with Gasteiger partial charge in [0.25, 0.3) is 5.91 Å². The summed E-state index contributed by atoms with van der Waals surface area (Å²) < 4.78 is 57.6. The van der Waals surface area contributed by atoms with Crippen LogP contribution in [-0.2, 0) is 36.7 Å². The van der Waals surface area contributed by atoms with Crippen LogP contribution < -0.4 is 0 Å². The number of sulfone groups is 2. The zero-order valence-corrected chi connectivity index (χ0v) is 23.2. The van der Waals surface area contributed by atoms with E-state index in [-0.39, 0.29) is 27.5 Å². The highest BCUT2D eigenvalue weighted by atomic mass is 32.2. The lowest BCUT2D eigenvalue weighted by Crippen LogP contribution is -2.41. The fraction of sp³-hybridized carbons (Fsp3) is 0.407. The molecule has 39 heavy (non-hydrogen) atoms. The zero-order valence-electron chi connectivity index (χ0n) is 21.6. The lowest BCUT2D eigenvalue weighted by atomic mass is 10.0. The molecular weight excluding hydrogens is 540 g/mol. The summed E-state index contributed by atoms with van der Waals surface area (Å²) in [6.45, 7) is 3.45. The minimum Gasteiger partial charge on any atom is -0.378 e. The summed E-state index contributed by atoms with van der Waals surface area (Å²) in [4.78, 5) is 17.6. The van der Waals surface area contributed by atoms with Gasteiger partial charge in [-0.15, -0.1) is 0 Å². The predicted molar refractivity (Wildman–Crippen MR) is 145 cm³/mol. The third-order valence-corrected chi connectivity index (χ3v) is 11.0. The molecule has 3 aliphatic rings. The Hall–Kier alpha value is -3.06. The Bertz CT molecular complexity index is 1660. The van der Waals surface area contributed by atoms with Crippen LogP contribution in [-0.4, -0.2) is 93.2 Å². The highest BCUT2D eigenvalue weighted by Crippen LogP contribution is 2.41. The topological polar surface area (TPSA) is 119 Å². The minimum atomic E-state index is -3.66. The van der Waals surface area contributed by atoms with E-state index < -0.39 is 19.7 Å². The van der Waals surface area contributed by atoms with Crippen molar-refractivity contribution in [3.63, 3.8) is 0 Å². The molecule has 3 aliphatic heterocycles. The van der Waals surface area contributed by atoms with E-state index in [0.29, 0.717) is 74.9 Å². The summed E-state index contributed by atoms with van der Waals surface area (Å²) in [7, 11) is -6.75. The van der Waals surface area contributed by atoms with E-state index in [2.05, 4.69) is 4.90 Å². The van der Waals surface area contributed by atoms with E-state index in [1.807, 2.05) is 24.3 Å². The summed E-state index contributed by atoms with van der Waals surface area (Å²) in [5.41, 5.74) is 3.36. The molecule has 2 aromatic carbocycles. The molecular formula is C27H30N4O6S2. The Kier molecular flexibility index (Phi) is 6.61. The van der Waals surface area contributed by atoms with Crippen molar-refractivity contribution >= 4 is 25.6 Å². The van der Waals surface area contributed by atoms with Gasteiger partial charge in [0.1, 0.15) is 0 Å². The van der Waals surface area contributed by atoms with Crippen molar-refractivity contribution in [1.29, 1.82) is 0 Å². The standard InChI is InChI=1S/C27H30N4O6S2/c1-38(33,34)21-9-10-29(17-21)16-19-5-4-6-20(15-19)31-26-22-7-2-3-8-24(22)39(35,36)18-23(26)25(28-31)27(32)30-11-13-37-14-12-30/h2-8,15,21H,9-14,16-18H2,1H3. The molecule has 1 aromatic heterocycles. The van der Waals surface area contributed by atoms with Crippen LogP contribution in [0.4, 0.5) is 0 Å². The molecule has 1 unspecified atom stereocenters. The maximum absolute atomic E-state index is 13.6. The molecule has 1 amide bonds. The highest BCUT2D eigenvalue weighted by molar-refractivity contribution is 7.91. The molecule has 0 saturated carbocycles. The van der Waals surface area contributed by atoms with Gasteiger partial charge in [0.05, 0.1) is 40.5 Å². The monoisotopic (exact) mass is 570 g/mol. The molecule has 3 aromatic rings. The first kappa shape index (κ1) is 26.2. The Morgan fingerprint density at radius 2 is 1.85 bits per heavy atom. The molecule has 6 rings (SSSR count). The van der Waals surface area contributed by atoms with Gasteiger partial charge in [0.2, 0.25) is 0 Å². The maximum Gasteiger partial charge on any atom is 0.274 e. The van der Waals surface area contributed by atoms with Gasteiger partial charge in [-0.05, 0) is 36.7 Å². The average Bonchev–Trinajstić information content (AvgIpc) is 3.54. The number of hydrogen-bond donors (Lipinski definition) is 0. The van der Waals surface area contributed by atoms with E-state index in [4.69, 9.17) is 9.84 Å². The molecule has 2 fully saturated rings. The van der Waals surface area contributed by atoms with Gasteiger partial charge >= 0.3 is 0 Å². The zero-order chi connectivity index (χ0) is 27.4. The number of likely N-dealkylation sites (tertiary alicyclic amines) is 1. The molecule has 0 N–H and O–H groups in total. The summed E-state index contributed by atoms with van der Waals surface area (Å²) in [6, 6.07) is 14.6. The van der Waals surface area contributed by atoms with Crippen molar-refractivity contribution in [3.05, 3.63) is 65.4 Å². The molecule has 206 valence electrons. The second-order valence-electron chi connectivity index (χ2n) is 10.4. The van der Waals surface area contributed by atoms with Crippen LogP contribution >= 0.6 is 0 Å². The number of rotatable bonds is 5. The second-order valence-corrected chi connectivity index (χ2v) is 14.7. The Balaban J connectivity index is 1.42. The summed E-state index contributed by atoms with van der Waals surface area (Å²) in [6.07, 6.45) is 1.90. The van der Waals surface area contributed by atoms with Crippen LogP contribution in [0.2, 0.25) is 0 Å². The summed E-state index contributed by atoms with van der Waals surface area (Å²) in [5, 5.41) is 4.39. The molecule has 0 spiro atoms. The normalized spacial score (nSPS) is 20.9. The number of benzene rings is 2. The number of ether oxygens (including phenoxy) is 1. The van der Waals surface area contributed by atoms with Gasteiger partial charge in [-0.3, -0.25) is 9.69 Å². The van der Waals surface area contributed by atoms with Crippen LogP contribution in [0.25, 0.3) is 16.9 Å². The van der Waals surface area contributed by atoms with Gasteiger partial charge < -0.3 is 9.64 Å². The van der Waals surface area contributed by atoms with Crippen molar-refractivity contribution in [1.82, 2.24) is 19.6 Å². The van der Waals surface area contributed by atoms with Gasteiger partial charge in [0, 0.05) is 43.6 Å². The second kappa shape index (κ2) is 9.84. The van der Waals surface area contributed by atoms with Crippen molar-refractivity contribution in [2.45, 2.75) is 28.9 Å². The largest absolute Gasteiger partial charge is 0.378 e. The Morgan fingerprint density at radius 3 is 2.59 bits per heavy atom. The SMILES string of the molecule is CS(=O)(=O)C1CCN(Cc2cccc(-n3nc(C(=O)N4CCOCC4)c4c3-c3ccccc3S(=O)(=O)C4)c2)C1. The van der Waals surface area contributed by atoms with E-state index in [1.165, 1.54) is 6.26 Å². The molecule has 4 heterocycles.